The molecule has 2 heterocycles. The van der Waals surface area contributed by atoms with E-state index in [1.165, 1.54) is 0 Å². The summed E-state index contributed by atoms with van der Waals surface area (Å²) in [5.74, 6) is 0.452. The van der Waals surface area contributed by atoms with Crippen LogP contribution in [0.25, 0.3) is 11.3 Å². The van der Waals surface area contributed by atoms with Crippen LogP contribution in [0.4, 0.5) is 0 Å². The summed E-state index contributed by atoms with van der Waals surface area (Å²) in [4.78, 5) is 14.6. The second-order valence-electron chi connectivity index (χ2n) is 5.90. The van der Waals surface area contributed by atoms with Crippen LogP contribution in [0.1, 0.15) is 43.6 Å². The van der Waals surface area contributed by atoms with Gasteiger partial charge < -0.3 is 9.42 Å². The first-order valence-electron chi connectivity index (χ1n) is 7.62. The average Bonchev–Trinajstić information content (AvgIpc) is 2.97. The molecule has 0 radical (unpaired) electrons. The molecule has 1 fully saturated rings. The van der Waals surface area contributed by atoms with Crippen molar-refractivity contribution in [3.8, 4) is 11.3 Å². The first kappa shape index (κ1) is 15.1. The van der Waals surface area contributed by atoms with Crippen molar-refractivity contribution >= 4 is 17.5 Å². The van der Waals surface area contributed by atoms with Crippen molar-refractivity contribution in [1.29, 1.82) is 0 Å². The number of amides is 1. The summed E-state index contributed by atoms with van der Waals surface area (Å²) in [7, 11) is 0. The standard InChI is InChI=1S/C17H19ClN2O2/c1-11-6-5-7-12(2)20(11)17(21)15-10-16(22-19-15)13-8-3-4-9-14(13)18/h3-4,8-12H,5-7H2,1-2H3/t11-,12-/m0/s1. The number of nitrogens with zero attached hydrogens (tertiary/aromatic N) is 2. The number of hydrogen-bond donors (Lipinski definition) is 0. The Morgan fingerprint density at radius 2 is 1.95 bits per heavy atom. The van der Waals surface area contributed by atoms with Crippen LogP contribution in [0.5, 0.6) is 0 Å². The Morgan fingerprint density at radius 3 is 2.64 bits per heavy atom. The monoisotopic (exact) mass is 318 g/mol. The largest absolute Gasteiger partial charge is 0.355 e. The van der Waals surface area contributed by atoms with E-state index < -0.39 is 0 Å². The van der Waals surface area contributed by atoms with E-state index in [0.717, 1.165) is 24.8 Å². The maximum absolute atomic E-state index is 12.7. The van der Waals surface area contributed by atoms with E-state index in [2.05, 4.69) is 19.0 Å². The van der Waals surface area contributed by atoms with Crippen molar-refractivity contribution in [2.75, 3.05) is 0 Å². The number of hydrogen-bond acceptors (Lipinski definition) is 3. The maximum atomic E-state index is 12.7. The smallest absolute Gasteiger partial charge is 0.276 e. The molecule has 1 saturated heterocycles. The fourth-order valence-corrected chi connectivity index (χ4v) is 3.35. The molecule has 2 aromatic rings. The molecular formula is C17H19ClN2O2. The molecule has 22 heavy (non-hydrogen) atoms. The molecule has 2 atom stereocenters. The minimum atomic E-state index is -0.0678. The molecule has 0 N–H and O–H groups in total. The number of aromatic nitrogens is 1. The number of piperidine rings is 1. The predicted octanol–water partition coefficient (Wildman–Crippen LogP) is 4.40. The molecule has 5 heteroatoms. The Hall–Kier alpha value is -1.81. The van der Waals surface area contributed by atoms with Gasteiger partial charge in [0, 0.05) is 23.7 Å². The molecular weight excluding hydrogens is 300 g/mol. The number of carbonyl (C=O) groups is 1. The lowest BCUT2D eigenvalue weighted by Crippen LogP contribution is -2.47. The van der Waals surface area contributed by atoms with Gasteiger partial charge in [-0.2, -0.15) is 0 Å². The lowest BCUT2D eigenvalue weighted by Gasteiger charge is -2.38. The van der Waals surface area contributed by atoms with Crippen molar-refractivity contribution in [2.45, 2.75) is 45.2 Å². The van der Waals surface area contributed by atoms with Crippen molar-refractivity contribution in [3.63, 3.8) is 0 Å². The van der Waals surface area contributed by atoms with Crippen LogP contribution in [-0.2, 0) is 0 Å². The molecule has 0 saturated carbocycles. The number of halogens is 1. The van der Waals surface area contributed by atoms with Crippen LogP contribution in [-0.4, -0.2) is 28.0 Å². The maximum Gasteiger partial charge on any atom is 0.276 e. The zero-order chi connectivity index (χ0) is 15.7. The molecule has 1 aliphatic rings. The Balaban J connectivity index is 1.87. The molecule has 1 amide bonds. The Bertz CT molecular complexity index is 673. The van der Waals surface area contributed by atoms with Gasteiger partial charge in [0.15, 0.2) is 11.5 Å². The summed E-state index contributed by atoms with van der Waals surface area (Å²) < 4.78 is 5.33. The van der Waals surface area contributed by atoms with Crippen molar-refractivity contribution in [1.82, 2.24) is 10.1 Å². The van der Waals surface area contributed by atoms with E-state index >= 15 is 0 Å². The van der Waals surface area contributed by atoms with E-state index in [1.807, 2.05) is 23.1 Å². The highest BCUT2D eigenvalue weighted by atomic mass is 35.5. The topological polar surface area (TPSA) is 46.3 Å². The molecule has 1 aromatic carbocycles. The lowest BCUT2D eigenvalue weighted by atomic mass is 9.97. The Morgan fingerprint density at radius 1 is 1.27 bits per heavy atom. The predicted molar refractivity (Wildman–Crippen MR) is 85.9 cm³/mol. The van der Waals surface area contributed by atoms with Crippen LogP contribution < -0.4 is 0 Å². The van der Waals surface area contributed by atoms with Gasteiger partial charge in [0.2, 0.25) is 0 Å². The van der Waals surface area contributed by atoms with Gasteiger partial charge in [-0.3, -0.25) is 4.79 Å². The third kappa shape index (κ3) is 2.75. The van der Waals surface area contributed by atoms with Gasteiger partial charge in [-0.1, -0.05) is 28.9 Å². The molecule has 3 rings (SSSR count). The minimum absolute atomic E-state index is 0.0678. The third-order valence-corrected chi connectivity index (χ3v) is 4.63. The summed E-state index contributed by atoms with van der Waals surface area (Å²) >= 11 is 6.16. The summed E-state index contributed by atoms with van der Waals surface area (Å²) in [5.41, 5.74) is 1.09. The molecule has 116 valence electrons. The summed E-state index contributed by atoms with van der Waals surface area (Å²) in [5, 5.41) is 4.53. The average molecular weight is 319 g/mol. The van der Waals surface area contributed by atoms with E-state index in [4.69, 9.17) is 16.1 Å². The number of carbonyl (C=O) groups excluding carboxylic acids is 1. The van der Waals surface area contributed by atoms with E-state index in [1.54, 1.807) is 12.1 Å². The fourth-order valence-electron chi connectivity index (χ4n) is 3.12. The normalized spacial score (nSPS) is 21.9. The number of rotatable bonds is 2. The Labute approximate surface area is 135 Å². The fraction of sp³-hybridized carbons (Fsp3) is 0.412. The van der Waals surface area contributed by atoms with Gasteiger partial charge in [0.1, 0.15) is 0 Å². The van der Waals surface area contributed by atoms with E-state index in [-0.39, 0.29) is 18.0 Å². The van der Waals surface area contributed by atoms with Crippen LogP contribution in [0.3, 0.4) is 0 Å². The highest BCUT2D eigenvalue weighted by molar-refractivity contribution is 6.33. The summed E-state index contributed by atoms with van der Waals surface area (Å²) in [6, 6.07) is 9.51. The number of likely N-dealkylation sites (tertiary alicyclic amines) is 1. The zero-order valence-corrected chi connectivity index (χ0v) is 13.5. The van der Waals surface area contributed by atoms with Gasteiger partial charge in [0.05, 0.1) is 5.02 Å². The quantitative estimate of drug-likeness (QED) is 0.824. The lowest BCUT2D eigenvalue weighted by molar-refractivity contribution is 0.0500. The SMILES string of the molecule is C[C@H]1CCC[C@H](C)N1C(=O)c1cc(-c2ccccc2Cl)on1. The van der Waals surface area contributed by atoms with Crippen LogP contribution in [0.2, 0.25) is 5.02 Å². The van der Waals surface area contributed by atoms with Gasteiger partial charge in [-0.15, -0.1) is 0 Å². The molecule has 0 unspecified atom stereocenters. The van der Waals surface area contributed by atoms with Crippen molar-refractivity contribution in [2.24, 2.45) is 0 Å². The summed E-state index contributed by atoms with van der Waals surface area (Å²) in [6.45, 7) is 4.17. The minimum Gasteiger partial charge on any atom is -0.355 e. The molecule has 4 nitrogen and oxygen atoms in total. The van der Waals surface area contributed by atoms with Gasteiger partial charge in [-0.25, -0.2) is 0 Å². The van der Waals surface area contributed by atoms with Crippen LogP contribution >= 0.6 is 11.6 Å². The van der Waals surface area contributed by atoms with Gasteiger partial charge in [0.25, 0.3) is 5.91 Å². The Kier molecular flexibility index (Phi) is 4.21. The van der Waals surface area contributed by atoms with Crippen molar-refractivity contribution < 1.29 is 9.32 Å². The third-order valence-electron chi connectivity index (χ3n) is 4.30. The zero-order valence-electron chi connectivity index (χ0n) is 12.8. The van der Waals surface area contributed by atoms with Crippen LogP contribution in [0, 0.1) is 0 Å². The number of benzene rings is 1. The first-order valence-corrected chi connectivity index (χ1v) is 8.00. The van der Waals surface area contributed by atoms with Gasteiger partial charge in [-0.05, 0) is 45.2 Å². The summed E-state index contributed by atoms with van der Waals surface area (Å²) in [6.07, 6.45) is 3.23. The highest BCUT2D eigenvalue weighted by Crippen LogP contribution is 2.29. The second-order valence-corrected chi connectivity index (χ2v) is 6.30. The van der Waals surface area contributed by atoms with E-state index in [9.17, 15) is 4.79 Å². The van der Waals surface area contributed by atoms with E-state index in [0.29, 0.717) is 16.5 Å². The molecule has 0 spiro atoms. The first-order chi connectivity index (χ1) is 10.6. The molecule has 0 aliphatic carbocycles. The van der Waals surface area contributed by atoms with Crippen LogP contribution in [0.15, 0.2) is 34.9 Å². The molecule has 1 aromatic heterocycles. The van der Waals surface area contributed by atoms with Gasteiger partial charge >= 0.3 is 0 Å². The molecule has 0 bridgehead atoms. The van der Waals surface area contributed by atoms with Crippen molar-refractivity contribution in [3.05, 3.63) is 41.0 Å². The highest BCUT2D eigenvalue weighted by Gasteiger charge is 2.31. The second kappa shape index (κ2) is 6.13. The molecule has 1 aliphatic heterocycles.